The molecule has 0 aliphatic carbocycles. The largest absolute Gasteiger partial charge is 0.508 e. The highest BCUT2D eigenvalue weighted by Gasteiger charge is 2.15. The molecule has 0 amide bonds. The Morgan fingerprint density at radius 3 is 3.07 bits per heavy atom. The molecule has 1 aromatic carbocycles. The van der Waals surface area contributed by atoms with Gasteiger partial charge in [-0.15, -0.1) is 0 Å². The summed E-state index contributed by atoms with van der Waals surface area (Å²) >= 11 is 6.08. The minimum atomic E-state index is 0.304. The number of aromatic hydroxyl groups is 1. The number of benzene rings is 1. The summed E-state index contributed by atoms with van der Waals surface area (Å²) in [5, 5.41) is 13.5. The second-order valence-corrected chi connectivity index (χ2v) is 4.60. The van der Waals surface area contributed by atoms with Crippen molar-refractivity contribution in [3.05, 3.63) is 28.8 Å². The quantitative estimate of drug-likeness (QED) is 0.811. The number of halogens is 1. The Balaban J connectivity index is 2.05. The van der Waals surface area contributed by atoms with E-state index < -0.39 is 0 Å². The van der Waals surface area contributed by atoms with Crippen molar-refractivity contribution in [2.45, 2.75) is 19.3 Å². The lowest BCUT2D eigenvalue weighted by molar-refractivity contribution is 0.375. The maximum atomic E-state index is 9.39. The number of hydrogen-bond acceptors (Lipinski definition) is 2. The van der Waals surface area contributed by atoms with Crippen LogP contribution in [0.5, 0.6) is 5.75 Å². The van der Waals surface area contributed by atoms with Crippen LogP contribution in [0.15, 0.2) is 18.2 Å². The van der Waals surface area contributed by atoms with E-state index in [2.05, 4.69) is 5.32 Å². The lowest BCUT2D eigenvalue weighted by Gasteiger charge is -2.23. The molecule has 1 heterocycles. The zero-order chi connectivity index (χ0) is 10.7. The van der Waals surface area contributed by atoms with Crippen LogP contribution < -0.4 is 5.32 Å². The predicted molar refractivity (Wildman–Crippen MR) is 62.4 cm³/mol. The minimum Gasteiger partial charge on any atom is -0.508 e. The normalized spacial score (nSPS) is 21.5. The molecule has 0 saturated carbocycles. The molecular weight excluding hydrogens is 210 g/mol. The van der Waals surface area contributed by atoms with E-state index in [0.717, 1.165) is 30.1 Å². The molecular formula is C12H16ClNO. The third kappa shape index (κ3) is 2.86. The molecule has 3 heteroatoms. The number of phenols is 1. The van der Waals surface area contributed by atoms with Gasteiger partial charge in [0.25, 0.3) is 0 Å². The molecule has 1 saturated heterocycles. The molecule has 82 valence electrons. The SMILES string of the molecule is Oc1ccc(Cl)c(CC2CCCNC2)c1. The first-order valence-corrected chi connectivity index (χ1v) is 5.81. The Labute approximate surface area is 95.3 Å². The average molecular weight is 226 g/mol. The second-order valence-electron chi connectivity index (χ2n) is 4.19. The summed E-state index contributed by atoms with van der Waals surface area (Å²) in [7, 11) is 0. The zero-order valence-electron chi connectivity index (χ0n) is 8.67. The van der Waals surface area contributed by atoms with Crippen LogP contribution in [0.1, 0.15) is 18.4 Å². The fraction of sp³-hybridized carbons (Fsp3) is 0.500. The van der Waals surface area contributed by atoms with Crippen molar-refractivity contribution in [2.24, 2.45) is 5.92 Å². The van der Waals surface area contributed by atoms with Gasteiger partial charge in [-0.05, 0) is 62.0 Å². The molecule has 15 heavy (non-hydrogen) atoms. The monoisotopic (exact) mass is 225 g/mol. The van der Waals surface area contributed by atoms with E-state index in [1.54, 1.807) is 18.2 Å². The molecule has 1 unspecified atom stereocenters. The number of nitrogens with one attached hydrogen (secondary N) is 1. The lowest BCUT2D eigenvalue weighted by Crippen LogP contribution is -2.30. The van der Waals surface area contributed by atoms with Gasteiger partial charge in [-0.25, -0.2) is 0 Å². The fourth-order valence-electron chi connectivity index (χ4n) is 2.13. The van der Waals surface area contributed by atoms with Crippen LogP contribution in [-0.2, 0) is 6.42 Å². The van der Waals surface area contributed by atoms with Gasteiger partial charge < -0.3 is 10.4 Å². The standard InChI is InChI=1S/C12H16ClNO/c13-12-4-3-11(15)7-10(12)6-9-2-1-5-14-8-9/h3-4,7,9,14-15H,1-2,5-6,8H2. The highest BCUT2D eigenvalue weighted by molar-refractivity contribution is 6.31. The van der Waals surface area contributed by atoms with E-state index in [1.807, 2.05) is 0 Å². The van der Waals surface area contributed by atoms with Crippen LogP contribution in [0.4, 0.5) is 0 Å². The number of piperidine rings is 1. The Bertz CT molecular complexity index is 334. The summed E-state index contributed by atoms with van der Waals surface area (Å²) in [4.78, 5) is 0. The van der Waals surface area contributed by atoms with E-state index in [0.29, 0.717) is 11.7 Å². The summed E-state index contributed by atoms with van der Waals surface area (Å²) in [5.41, 5.74) is 1.06. The topological polar surface area (TPSA) is 32.3 Å². The summed E-state index contributed by atoms with van der Waals surface area (Å²) in [6.07, 6.45) is 3.44. The number of phenolic OH excluding ortho intramolecular Hbond substituents is 1. The Morgan fingerprint density at radius 2 is 2.33 bits per heavy atom. The fourth-order valence-corrected chi connectivity index (χ4v) is 2.32. The van der Waals surface area contributed by atoms with Gasteiger partial charge >= 0.3 is 0 Å². The molecule has 0 spiro atoms. The van der Waals surface area contributed by atoms with Crippen LogP contribution in [0.25, 0.3) is 0 Å². The molecule has 1 aliphatic heterocycles. The average Bonchev–Trinajstić information content (AvgIpc) is 2.25. The second kappa shape index (κ2) is 4.86. The van der Waals surface area contributed by atoms with E-state index in [1.165, 1.54) is 12.8 Å². The summed E-state index contributed by atoms with van der Waals surface area (Å²) in [5.74, 6) is 0.955. The van der Waals surface area contributed by atoms with Crippen molar-refractivity contribution in [1.82, 2.24) is 5.32 Å². The van der Waals surface area contributed by atoms with E-state index in [-0.39, 0.29) is 0 Å². The van der Waals surface area contributed by atoms with Gasteiger partial charge in [0.15, 0.2) is 0 Å². The van der Waals surface area contributed by atoms with Gasteiger partial charge in [0.1, 0.15) is 5.75 Å². The maximum absolute atomic E-state index is 9.39. The summed E-state index contributed by atoms with van der Waals surface area (Å²) < 4.78 is 0. The van der Waals surface area contributed by atoms with E-state index >= 15 is 0 Å². The molecule has 2 nitrogen and oxygen atoms in total. The van der Waals surface area contributed by atoms with Crippen molar-refractivity contribution < 1.29 is 5.11 Å². The van der Waals surface area contributed by atoms with Crippen molar-refractivity contribution in [3.8, 4) is 5.75 Å². The maximum Gasteiger partial charge on any atom is 0.115 e. The third-order valence-electron chi connectivity index (χ3n) is 2.94. The highest BCUT2D eigenvalue weighted by atomic mass is 35.5. The van der Waals surface area contributed by atoms with Crippen LogP contribution in [0.3, 0.4) is 0 Å². The lowest BCUT2D eigenvalue weighted by atomic mass is 9.92. The van der Waals surface area contributed by atoms with Gasteiger partial charge in [-0.2, -0.15) is 0 Å². The molecule has 1 atom stereocenters. The third-order valence-corrected chi connectivity index (χ3v) is 3.31. The first-order valence-electron chi connectivity index (χ1n) is 5.44. The molecule has 1 aliphatic rings. The van der Waals surface area contributed by atoms with Gasteiger partial charge in [-0.3, -0.25) is 0 Å². The van der Waals surface area contributed by atoms with Crippen molar-refractivity contribution in [1.29, 1.82) is 0 Å². The Hall–Kier alpha value is -0.730. The molecule has 0 aromatic heterocycles. The van der Waals surface area contributed by atoms with E-state index in [9.17, 15) is 5.11 Å². The molecule has 2 rings (SSSR count). The molecule has 2 N–H and O–H groups in total. The van der Waals surface area contributed by atoms with Crippen molar-refractivity contribution >= 4 is 11.6 Å². The predicted octanol–water partition coefficient (Wildman–Crippen LogP) is 2.59. The Morgan fingerprint density at radius 1 is 1.47 bits per heavy atom. The minimum absolute atomic E-state index is 0.304. The van der Waals surface area contributed by atoms with Gasteiger partial charge in [0.2, 0.25) is 0 Å². The van der Waals surface area contributed by atoms with Crippen LogP contribution in [0.2, 0.25) is 5.02 Å². The zero-order valence-corrected chi connectivity index (χ0v) is 9.43. The van der Waals surface area contributed by atoms with Gasteiger partial charge in [0, 0.05) is 5.02 Å². The van der Waals surface area contributed by atoms with E-state index in [4.69, 9.17) is 11.6 Å². The van der Waals surface area contributed by atoms with Gasteiger partial charge in [-0.1, -0.05) is 11.6 Å². The summed E-state index contributed by atoms with van der Waals surface area (Å²) in [6, 6.07) is 5.17. The number of hydrogen-bond donors (Lipinski definition) is 2. The smallest absolute Gasteiger partial charge is 0.115 e. The molecule has 1 fully saturated rings. The Kier molecular flexibility index (Phi) is 3.49. The first kappa shape index (κ1) is 10.8. The van der Waals surface area contributed by atoms with Crippen LogP contribution >= 0.6 is 11.6 Å². The molecule has 0 radical (unpaired) electrons. The molecule has 0 bridgehead atoms. The molecule has 1 aromatic rings. The van der Waals surface area contributed by atoms with Crippen molar-refractivity contribution in [3.63, 3.8) is 0 Å². The van der Waals surface area contributed by atoms with Crippen LogP contribution in [0, 0.1) is 5.92 Å². The van der Waals surface area contributed by atoms with Crippen molar-refractivity contribution in [2.75, 3.05) is 13.1 Å². The van der Waals surface area contributed by atoms with Crippen LogP contribution in [-0.4, -0.2) is 18.2 Å². The summed E-state index contributed by atoms with van der Waals surface area (Å²) in [6.45, 7) is 2.19. The van der Waals surface area contributed by atoms with Gasteiger partial charge in [0.05, 0.1) is 0 Å². The highest BCUT2D eigenvalue weighted by Crippen LogP contribution is 2.25. The first-order chi connectivity index (χ1) is 7.25. The number of rotatable bonds is 2.